The lowest BCUT2D eigenvalue weighted by molar-refractivity contribution is 0.778. The fourth-order valence-electron chi connectivity index (χ4n) is 8.57. The molecule has 3 aliphatic carbocycles. The van der Waals surface area contributed by atoms with E-state index >= 15 is 0 Å². The van der Waals surface area contributed by atoms with Gasteiger partial charge in [-0.1, -0.05) is 190 Å². The second-order valence-electron chi connectivity index (χ2n) is 13.6. The molecular formula is C52H48. The van der Waals surface area contributed by atoms with Crippen LogP contribution >= 0.6 is 0 Å². The van der Waals surface area contributed by atoms with E-state index in [4.69, 9.17) is 6.58 Å². The highest BCUT2D eigenvalue weighted by molar-refractivity contribution is 5.96. The topological polar surface area (TPSA) is 0 Å². The SMILES string of the molecule is C/C=C/C=C1\C(=C/c2ccccc2)Cc2ccccc21.C=C1c2ccccc2CCc2c(C)cccc2C12c1ccccc1-c1ccccc12.CC. The van der Waals surface area contributed by atoms with Gasteiger partial charge >= 0.3 is 0 Å². The van der Waals surface area contributed by atoms with Gasteiger partial charge in [0, 0.05) is 0 Å². The lowest BCUT2D eigenvalue weighted by Gasteiger charge is -2.39. The monoisotopic (exact) mass is 672 g/mol. The minimum atomic E-state index is -0.356. The Morgan fingerprint density at radius 2 is 1.12 bits per heavy atom. The van der Waals surface area contributed by atoms with Crippen LogP contribution < -0.4 is 0 Å². The molecule has 52 heavy (non-hydrogen) atoms. The highest BCUT2D eigenvalue weighted by Gasteiger charge is 2.48. The van der Waals surface area contributed by atoms with Crippen LogP contribution in [0.4, 0.5) is 0 Å². The maximum Gasteiger partial charge on any atom is 0.0716 e. The minimum absolute atomic E-state index is 0.356. The van der Waals surface area contributed by atoms with Crippen molar-refractivity contribution in [3.63, 3.8) is 0 Å². The Hall–Kier alpha value is -5.72. The van der Waals surface area contributed by atoms with Crippen LogP contribution in [-0.4, -0.2) is 0 Å². The van der Waals surface area contributed by atoms with Gasteiger partial charge < -0.3 is 0 Å². The van der Waals surface area contributed by atoms with Gasteiger partial charge in [0.15, 0.2) is 0 Å². The molecule has 0 saturated heterocycles. The maximum atomic E-state index is 4.82. The molecule has 0 aliphatic heterocycles. The average Bonchev–Trinajstić information content (AvgIpc) is 3.70. The van der Waals surface area contributed by atoms with Gasteiger partial charge in [-0.3, -0.25) is 0 Å². The highest BCUT2D eigenvalue weighted by atomic mass is 14.5. The number of allylic oxidation sites excluding steroid dienone is 6. The number of hydrogen-bond donors (Lipinski definition) is 0. The molecule has 1 spiro atoms. The van der Waals surface area contributed by atoms with Crippen molar-refractivity contribution in [3.05, 3.63) is 232 Å². The third-order valence-electron chi connectivity index (χ3n) is 10.8. The summed E-state index contributed by atoms with van der Waals surface area (Å²) >= 11 is 0. The van der Waals surface area contributed by atoms with E-state index in [1.165, 1.54) is 83.5 Å². The summed E-state index contributed by atoms with van der Waals surface area (Å²) in [6.45, 7) is 13.1. The van der Waals surface area contributed by atoms with Crippen LogP contribution in [0.1, 0.15) is 76.4 Å². The van der Waals surface area contributed by atoms with Gasteiger partial charge in [-0.15, -0.1) is 0 Å². The molecule has 0 unspecified atom stereocenters. The van der Waals surface area contributed by atoms with Crippen molar-refractivity contribution in [2.75, 3.05) is 0 Å². The predicted octanol–water partition coefficient (Wildman–Crippen LogP) is 13.4. The van der Waals surface area contributed by atoms with Crippen LogP contribution in [0.25, 0.3) is 28.3 Å². The first-order valence-electron chi connectivity index (χ1n) is 18.8. The van der Waals surface area contributed by atoms with Gasteiger partial charge in [0.2, 0.25) is 0 Å². The summed E-state index contributed by atoms with van der Waals surface area (Å²) in [5, 5.41) is 0. The number of benzene rings is 6. The van der Waals surface area contributed by atoms with Crippen molar-refractivity contribution in [2.45, 2.75) is 52.4 Å². The van der Waals surface area contributed by atoms with Crippen LogP contribution in [0, 0.1) is 6.92 Å². The van der Waals surface area contributed by atoms with Crippen molar-refractivity contribution >= 4 is 17.2 Å². The molecule has 0 amide bonds. The fraction of sp³-hybridized carbons (Fsp3) is 0.154. The first-order chi connectivity index (χ1) is 25.6. The van der Waals surface area contributed by atoms with Crippen molar-refractivity contribution in [2.24, 2.45) is 0 Å². The molecule has 9 rings (SSSR count). The van der Waals surface area contributed by atoms with E-state index in [9.17, 15) is 0 Å². The van der Waals surface area contributed by atoms with Crippen LogP contribution in [0.3, 0.4) is 0 Å². The Balaban J connectivity index is 0.000000167. The third-order valence-corrected chi connectivity index (χ3v) is 10.8. The molecule has 0 heteroatoms. The first kappa shape index (κ1) is 34.7. The Labute approximate surface area is 311 Å². The zero-order chi connectivity index (χ0) is 36.1. The maximum absolute atomic E-state index is 4.82. The van der Waals surface area contributed by atoms with Crippen LogP contribution in [-0.2, 0) is 24.7 Å². The lowest BCUT2D eigenvalue weighted by atomic mass is 9.62. The number of fused-ring (bicyclic) bond motifs is 9. The Morgan fingerprint density at radius 3 is 1.79 bits per heavy atom. The van der Waals surface area contributed by atoms with E-state index in [2.05, 4.69) is 184 Å². The molecule has 0 heterocycles. The molecule has 0 saturated carbocycles. The molecule has 0 atom stereocenters. The summed E-state index contributed by atoms with van der Waals surface area (Å²) in [6, 6.07) is 52.8. The second kappa shape index (κ2) is 15.3. The largest absolute Gasteiger partial charge is 0.0936 e. The predicted molar refractivity (Wildman–Crippen MR) is 225 cm³/mol. The molecule has 6 aromatic carbocycles. The van der Waals surface area contributed by atoms with Crippen LogP contribution in [0.15, 0.2) is 176 Å². The summed E-state index contributed by atoms with van der Waals surface area (Å²) in [4.78, 5) is 0. The quantitative estimate of drug-likeness (QED) is 0.172. The van der Waals surface area contributed by atoms with E-state index in [-0.39, 0.29) is 5.41 Å². The van der Waals surface area contributed by atoms with Crippen molar-refractivity contribution in [3.8, 4) is 11.1 Å². The molecule has 0 nitrogen and oxygen atoms in total. The standard InChI is InChI=1S/C30H24.C20H18.C2H6/c1-20-10-9-17-27-23(20)19-18-22-11-3-4-12-24(22)21(2)30(27)28-15-7-5-13-25(28)26-14-6-8-16-29(26)30;1-2-3-12-20-18(14-16-9-5-4-6-10-16)15-17-11-7-8-13-19(17)20;1-2/h3-17H,2,18-19H2,1H3;2-14H,15H2,1H3;1-2H3/b;3-2+,18-14-,20-12+;. The molecule has 3 aliphatic rings. The van der Waals surface area contributed by atoms with E-state index in [0.29, 0.717) is 0 Å². The number of aryl methyl sites for hydroxylation is 2. The molecular weight excluding hydrogens is 625 g/mol. The average molecular weight is 673 g/mol. The fourth-order valence-corrected chi connectivity index (χ4v) is 8.57. The molecule has 0 radical (unpaired) electrons. The van der Waals surface area contributed by atoms with Gasteiger partial charge in [-0.25, -0.2) is 0 Å². The van der Waals surface area contributed by atoms with E-state index in [1.807, 2.05) is 13.8 Å². The highest BCUT2D eigenvalue weighted by Crippen LogP contribution is 2.59. The third kappa shape index (κ3) is 6.03. The zero-order valence-electron chi connectivity index (χ0n) is 31.0. The summed E-state index contributed by atoms with van der Waals surface area (Å²) < 4.78 is 0. The van der Waals surface area contributed by atoms with Gasteiger partial charge in [0.25, 0.3) is 0 Å². The van der Waals surface area contributed by atoms with Crippen LogP contribution in [0.5, 0.6) is 0 Å². The Morgan fingerprint density at radius 1 is 0.558 bits per heavy atom. The van der Waals surface area contributed by atoms with E-state index in [0.717, 1.165) is 19.3 Å². The number of rotatable bonds is 2. The van der Waals surface area contributed by atoms with E-state index in [1.54, 1.807) is 0 Å². The molecule has 0 fully saturated rings. The summed E-state index contributed by atoms with van der Waals surface area (Å²) in [5.41, 5.74) is 20.0. The van der Waals surface area contributed by atoms with E-state index < -0.39 is 0 Å². The summed E-state index contributed by atoms with van der Waals surface area (Å²) in [6.07, 6.45) is 11.8. The molecule has 256 valence electrons. The molecule has 0 N–H and O–H groups in total. The van der Waals surface area contributed by atoms with Gasteiger partial charge in [0.05, 0.1) is 5.41 Å². The Kier molecular flexibility index (Phi) is 10.2. The van der Waals surface area contributed by atoms with Gasteiger partial charge in [0.1, 0.15) is 0 Å². The van der Waals surface area contributed by atoms with Crippen molar-refractivity contribution < 1.29 is 0 Å². The minimum Gasteiger partial charge on any atom is -0.0936 e. The summed E-state index contributed by atoms with van der Waals surface area (Å²) in [7, 11) is 0. The second-order valence-corrected chi connectivity index (χ2v) is 13.6. The zero-order valence-corrected chi connectivity index (χ0v) is 31.0. The smallest absolute Gasteiger partial charge is 0.0716 e. The van der Waals surface area contributed by atoms with Crippen molar-refractivity contribution in [1.82, 2.24) is 0 Å². The lowest BCUT2D eigenvalue weighted by Crippen LogP contribution is -2.31. The van der Waals surface area contributed by atoms with Gasteiger partial charge in [-0.2, -0.15) is 0 Å². The van der Waals surface area contributed by atoms with Crippen LogP contribution in [0.2, 0.25) is 0 Å². The molecule has 6 aromatic rings. The first-order valence-corrected chi connectivity index (χ1v) is 18.8. The summed E-state index contributed by atoms with van der Waals surface area (Å²) in [5.74, 6) is 0. The molecule has 0 bridgehead atoms. The van der Waals surface area contributed by atoms with Gasteiger partial charge in [-0.05, 0) is 117 Å². The number of hydrogen-bond acceptors (Lipinski definition) is 0. The normalized spacial score (nSPS) is 16.0. The Bertz CT molecular complexity index is 2280. The molecule has 0 aromatic heterocycles. The van der Waals surface area contributed by atoms with Crippen molar-refractivity contribution in [1.29, 1.82) is 0 Å².